The Bertz CT molecular complexity index is 236. The van der Waals surface area contributed by atoms with Crippen LogP contribution in [0.4, 0.5) is 0 Å². The van der Waals surface area contributed by atoms with Crippen molar-refractivity contribution in [3.8, 4) is 0 Å². The van der Waals surface area contributed by atoms with Crippen LogP contribution in [0.2, 0.25) is 0 Å². The van der Waals surface area contributed by atoms with Crippen molar-refractivity contribution in [3.63, 3.8) is 0 Å². The zero-order valence-corrected chi connectivity index (χ0v) is 10.7. The fourth-order valence-electron chi connectivity index (χ4n) is 1.14. The smallest absolute Gasteiger partial charge is 0.0256 e. The number of nitrogens with zero attached hydrogens (tertiary/aromatic N) is 1. The van der Waals surface area contributed by atoms with Gasteiger partial charge < -0.3 is 4.90 Å². The van der Waals surface area contributed by atoms with E-state index in [1.807, 2.05) is 6.08 Å². The third-order valence-electron chi connectivity index (χ3n) is 2.66. The molecule has 0 fully saturated rings. The average molecular weight is 207 g/mol. The fraction of sp³-hybridized carbons (Fsp3) is 0.571. The zero-order valence-electron chi connectivity index (χ0n) is 10.7. The van der Waals surface area contributed by atoms with E-state index >= 15 is 0 Å². The first-order chi connectivity index (χ1) is 7.02. The highest BCUT2D eigenvalue weighted by molar-refractivity contribution is 5.07. The molecule has 1 heteroatoms. The molecule has 0 aliphatic heterocycles. The largest absolute Gasteiger partial charge is 0.352 e. The van der Waals surface area contributed by atoms with Gasteiger partial charge in [0, 0.05) is 18.4 Å². The summed E-state index contributed by atoms with van der Waals surface area (Å²) < 4.78 is 0. The normalized spacial score (nSPS) is 11.7. The summed E-state index contributed by atoms with van der Waals surface area (Å²) in [5.41, 5.74) is 2.57. The summed E-state index contributed by atoms with van der Waals surface area (Å²) in [6.45, 7) is 17.6. The van der Waals surface area contributed by atoms with E-state index in [-0.39, 0.29) is 0 Å². The van der Waals surface area contributed by atoms with E-state index in [9.17, 15) is 0 Å². The van der Waals surface area contributed by atoms with E-state index < -0.39 is 0 Å². The minimum atomic E-state index is 0.598. The summed E-state index contributed by atoms with van der Waals surface area (Å²) in [6.07, 6.45) is 6.18. The lowest BCUT2D eigenvalue weighted by Gasteiger charge is -2.23. The van der Waals surface area contributed by atoms with Crippen molar-refractivity contribution in [1.82, 2.24) is 4.90 Å². The molecular formula is C14H25N. The number of hydrogen-bond donors (Lipinski definition) is 0. The summed E-state index contributed by atoms with van der Waals surface area (Å²) in [7, 11) is 0. The van der Waals surface area contributed by atoms with Crippen LogP contribution < -0.4 is 0 Å². The third-order valence-corrected chi connectivity index (χ3v) is 2.66. The van der Waals surface area contributed by atoms with Crippen LogP contribution in [-0.2, 0) is 0 Å². The first-order valence-electron chi connectivity index (χ1n) is 5.76. The lowest BCUT2D eigenvalue weighted by Crippen LogP contribution is -2.17. The molecule has 0 aromatic heterocycles. The molecule has 0 amide bonds. The summed E-state index contributed by atoms with van der Waals surface area (Å²) >= 11 is 0. The molecule has 15 heavy (non-hydrogen) atoms. The molecule has 0 unspecified atom stereocenters. The SMILES string of the molecule is C=CCCN(/C=C(\C)C(C)C)C(=C)CC. The molecule has 86 valence electrons. The van der Waals surface area contributed by atoms with E-state index in [1.165, 1.54) is 11.3 Å². The van der Waals surface area contributed by atoms with Gasteiger partial charge in [-0.3, -0.25) is 0 Å². The predicted molar refractivity (Wildman–Crippen MR) is 69.5 cm³/mol. The molecule has 0 aromatic carbocycles. The van der Waals surface area contributed by atoms with Crippen molar-refractivity contribution in [2.45, 2.75) is 40.5 Å². The second-order valence-corrected chi connectivity index (χ2v) is 4.22. The molecule has 0 aromatic rings. The maximum absolute atomic E-state index is 4.09. The Morgan fingerprint density at radius 1 is 1.40 bits per heavy atom. The van der Waals surface area contributed by atoms with Crippen LogP contribution in [-0.4, -0.2) is 11.4 Å². The molecule has 0 aliphatic rings. The number of allylic oxidation sites excluding steroid dienone is 2. The Morgan fingerprint density at radius 3 is 2.40 bits per heavy atom. The van der Waals surface area contributed by atoms with Crippen LogP contribution in [0.3, 0.4) is 0 Å². The van der Waals surface area contributed by atoms with Crippen LogP contribution in [0.5, 0.6) is 0 Å². The predicted octanol–water partition coefficient (Wildman–Crippen LogP) is 4.35. The molecule has 0 heterocycles. The van der Waals surface area contributed by atoms with Crippen molar-refractivity contribution in [3.05, 3.63) is 36.7 Å². The van der Waals surface area contributed by atoms with E-state index in [4.69, 9.17) is 0 Å². The summed E-state index contributed by atoms with van der Waals surface area (Å²) in [6, 6.07) is 0. The van der Waals surface area contributed by atoms with E-state index in [2.05, 4.69) is 52.0 Å². The Labute approximate surface area is 95.2 Å². The maximum Gasteiger partial charge on any atom is 0.0256 e. The maximum atomic E-state index is 4.09. The van der Waals surface area contributed by atoms with Crippen LogP contribution in [0.15, 0.2) is 36.7 Å². The Morgan fingerprint density at radius 2 is 2.00 bits per heavy atom. The minimum absolute atomic E-state index is 0.598. The van der Waals surface area contributed by atoms with Gasteiger partial charge in [-0.1, -0.05) is 39.0 Å². The Balaban J connectivity index is 4.55. The van der Waals surface area contributed by atoms with Crippen molar-refractivity contribution in [1.29, 1.82) is 0 Å². The molecule has 0 radical (unpaired) electrons. The van der Waals surface area contributed by atoms with Gasteiger partial charge in [-0.15, -0.1) is 6.58 Å². The lowest BCUT2D eigenvalue weighted by atomic mass is 10.1. The molecule has 0 atom stereocenters. The average Bonchev–Trinajstić information content (AvgIpc) is 2.22. The molecular weight excluding hydrogens is 182 g/mol. The van der Waals surface area contributed by atoms with Gasteiger partial charge in [0.15, 0.2) is 0 Å². The first-order valence-corrected chi connectivity index (χ1v) is 5.76. The first kappa shape index (κ1) is 14.0. The fourth-order valence-corrected chi connectivity index (χ4v) is 1.14. The molecule has 0 N–H and O–H groups in total. The highest BCUT2D eigenvalue weighted by atomic mass is 15.1. The van der Waals surface area contributed by atoms with Gasteiger partial charge >= 0.3 is 0 Å². The number of hydrogen-bond acceptors (Lipinski definition) is 1. The van der Waals surface area contributed by atoms with Gasteiger partial charge in [-0.2, -0.15) is 0 Å². The van der Waals surface area contributed by atoms with Gasteiger partial charge in [0.1, 0.15) is 0 Å². The molecule has 0 saturated heterocycles. The lowest BCUT2D eigenvalue weighted by molar-refractivity contribution is 0.451. The van der Waals surface area contributed by atoms with Crippen LogP contribution >= 0.6 is 0 Å². The Kier molecular flexibility index (Phi) is 6.85. The topological polar surface area (TPSA) is 3.24 Å². The second-order valence-electron chi connectivity index (χ2n) is 4.22. The Hall–Kier alpha value is -0.980. The molecule has 0 rings (SSSR count). The molecule has 0 saturated carbocycles. The summed E-state index contributed by atoms with van der Waals surface area (Å²) in [5, 5.41) is 0. The third kappa shape index (κ3) is 5.46. The van der Waals surface area contributed by atoms with Crippen LogP contribution in [0.25, 0.3) is 0 Å². The van der Waals surface area contributed by atoms with Crippen molar-refractivity contribution < 1.29 is 0 Å². The summed E-state index contributed by atoms with van der Waals surface area (Å²) in [4.78, 5) is 2.25. The van der Waals surface area contributed by atoms with Crippen molar-refractivity contribution >= 4 is 0 Å². The van der Waals surface area contributed by atoms with Gasteiger partial charge in [-0.05, 0) is 25.7 Å². The van der Waals surface area contributed by atoms with E-state index in [1.54, 1.807) is 0 Å². The second kappa shape index (κ2) is 7.33. The molecule has 0 aliphatic carbocycles. The van der Waals surface area contributed by atoms with Gasteiger partial charge in [0.05, 0.1) is 0 Å². The van der Waals surface area contributed by atoms with Crippen molar-refractivity contribution in [2.75, 3.05) is 6.54 Å². The molecule has 0 spiro atoms. The van der Waals surface area contributed by atoms with Gasteiger partial charge in [-0.25, -0.2) is 0 Å². The van der Waals surface area contributed by atoms with Gasteiger partial charge in [0.25, 0.3) is 0 Å². The van der Waals surface area contributed by atoms with E-state index in [0.717, 1.165) is 19.4 Å². The van der Waals surface area contributed by atoms with Crippen LogP contribution in [0, 0.1) is 5.92 Å². The number of rotatable bonds is 7. The van der Waals surface area contributed by atoms with Crippen LogP contribution in [0.1, 0.15) is 40.5 Å². The van der Waals surface area contributed by atoms with Crippen molar-refractivity contribution in [2.24, 2.45) is 5.92 Å². The highest BCUT2D eigenvalue weighted by Crippen LogP contribution is 2.14. The highest BCUT2D eigenvalue weighted by Gasteiger charge is 2.04. The minimum Gasteiger partial charge on any atom is -0.352 e. The monoisotopic (exact) mass is 207 g/mol. The molecule has 0 bridgehead atoms. The quantitative estimate of drug-likeness (QED) is 0.561. The summed E-state index contributed by atoms with van der Waals surface area (Å²) in [5.74, 6) is 0.598. The standard InChI is InChI=1S/C14H25N/c1-7-9-10-15(14(6)8-2)11-13(5)12(3)4/h7,11-12H,1,6,8-10H2,2-5H3/b13-11+. The van der Waals surface area contributed by atoms with E-state index in [0.29, 0.717) is 5.92 Å². The molecule has 1 nitrogen and oxygen atoms in total. The zero-order chi connectivity index (χ0) is 11.8. The van der Waals surface area contributed by atoms with Gasteiger partial charge in [0.2, 0.25) is 0 Å².